The summed E-state index contributed by atoms with van der Waals surface area (Å²) in [4.78, 5) is 34.2. The molecule has 378 valence electrons. The number of methoxy groups -OCH3 is 3. The first-order valence-corrected chi connectivity index (χ1v) is 24.2. The van der Waals surface area contributed by atoms with Crippen molar-refractivity contribution in [3.05, 3.63) is 135 Å². The Morgan fingerprint density at radius 1 is 0.521 bits per heavy atom. The molecule has 18 heteroatoms. The van der Waals surface area contributed by atoms with Crippen LogP contribution in [0.2, 0.25) is 0 Å². The van der Waals surface area contributed by atoms with Gasteiger partial charge in [-0.25, -0.2) is 24.9 Å². The van der Waals surface area contributed by atoms with Crippen LogP contribution >= 0.6 is 15.9 Å². The Bertz CT molecular complexity index is 3000. The van der Waals surface area contributed by atoms with E-state index >= 15 is 0 Å². The van der Waals surface area contributed by atoms with Gasteiger partial charge in [0, 0.05) is 58.6 Å². The number of fused-ring (bicyclic) bond motifs is 6. The summed E-state index contributed by atoms with van der Waals surface area (Å²) in [5.41, 5.74) is 10.6. The molecule has 1 N–H and O–H groups in total. The van der Waals surface area contributed by atoms with Crippen LogP contribution in [0, 0.1) is 7.43 Å². The number of halogens is 1. The van der Waals surface area contributed by atoms with Crippen LogP contribution in [-0.4, -0.2) is 96.2 Å². The maximum atomic E-state index is 9.63. The maximum Gasteiger partial charge on any atom is 1.00 e. The summed E-state index contributed by atoms with van der Waals surface area (Å²) >= 11 is 3.32. The first kappa shape index (κ1) is 65.7. The summed E-state index contributed by atoms with van der Waals surface area (Å²) in [6, 6.07) is 41.0. The molecule has 6 aromatic carbocycles. The predicted molar refractivity (Wildman–Crippen MR) is 284 cm³/mol. The van der Waals surface area contributed by atoms with Crippen molar-refractivity contribution in [1.82, 2.24) is 24.9 Å². The molecule has 0 aliphatic heterocycles. The van der Waals surface area contributed by atoms with Gasteiger partial charge in [0.05, 0.1) is 46.3 Å². The summed E-state index contributed by atoms with van der Waals surface area (Å²) in [6.07, 6.45) is 6.33. The molecule has 15 nitrogen and oxygen atoms in total. The van der Waals surface area contributed by atoms with Crippen molar-refractivity contribution in [2.75, 3.05) is 59.7 Å². The summed E-state index contributed by atoms with van der Waals surface area (Å²) in [5, 5.41) is 19.2. The van der Waals surface area contributed by atoms with E-state index in [0.29, 0.717) is 24.2 Å². The van der Waals surface area contributed by atoms with Crippen molar-refractivity contribution in [2.45, 2.75) is 52.0 Å². The van der Waals surface area contributed by atoms with Crippen LogP contribution in [0.1, 0.15) is 46.9 Å². The molecule has 0 spiro atoms. The van der Waals surface area contributed by atoms with Crippen molar-refractivity contribution in [3.8, 4) is 17.2 Å². The number of unbranched alkanes of at least 4 members (excludes halogenated alkanes) is 3. The first-order valence-electron chi connectivity index (χ1n) is 23.1. The van der Waals surface area contributed by atoms with Gasteiger partial charge in [-0.1, -0.05) is 70.5 Å². The standard InChI is InChI=1S/C19H23N2O2.C17H18N2O2.C12H8N2O.C5H11BrO.CH2O3.CH3.2K.H/c1-3-21-16-10-5-4-9-15(16)20-19-17(21)11-8-12-18(19)23-14-7-6-13-22-2;1-20-11-4-5-12-21-16-10-6-9-15-17(16)19-14-8-3-2-7-13(14)18-15;15-11-7-3-6-10-12(11)14-9-5-2-1-4-8(9)13-10;1-7-5-3-2-4-6;2-1-4-3;;;;/h4-5,8-12H,3,6-7,13-14H2,1-2H3;2-3,6-10H,4-5,11-12H2,1H3;1-7,15H;2-5H2,1H3;1,3H;1H3;;;/q+1;;;;;-1;2*+1;-1/p-1. The first-order chi connectivity index (χ1) is 34.4. The number of hydrogen-bond acceptors (Lipinski definition) is 14. The number of rotatable bonds is 18. The van der Waals surface area contributed by atoms with E-state index in [1.165, 1.54) is 12.8 Å². The monoisotopic (exact) mass is 1110 g/mol. The minimum atomic E-state index is -0.181. The van der Waals surface area contributed by atoms with Crippen molar-refractivity contribution < 1.29 is 152 Å². The minimum Gasteiger partial charge on any atom is -1.00 e. The number of nitrogens with zero attached hydrogens (tertiary/aromatic N) is 6. The number of aromatic nitrogens is 6. The van der Waals surface area contributed by atoms with Gasteiger partial charge in [0.2, 0.25) is 11.0 Å². The zero-order valence-electron chi connectivity index (χ0n) is 44.2. The van der Waals surface area contributed by atoms with E-state index in [1.807, 2.05) is 91.0 Å². The second kappa shape index (κ2) is 38.2. The van der Waals surface area contributed by atoms with Gasteiger partial charge < -0.3 is 47.8 Å². The molecular formula is C55H65BrK2N6O9. The molecule has 0 saturated heterocycles. The predicted octanol–water partition coefficient (Wildman–Crippen LogP) is 4.39. The SMILES string of the molecule is CC[n+]1c2ccccc2nc2c(OCCCCOC)cccc21.COCCCCBr.COCCCCOc1cccc2nc3ccccc3nc12.O=CO[O-].Oc1cccc2nc3ccccc3nc12.[CH3-].[H-].[K+].[K+]. The Hall–Kier alpha value is -3.42. The van der Waals surface area contributed by atoms with E-state index < -0.39 is 0 Å². The van der Waals surface area contributed by atoms with Crippen molar-refractivity contribution >= 4 is 88.6 Å². The number of ether oxygens (including phenoxy) is 5. The van der Waals surface area contributed by atoms with Gasteiger partial charge in [-0.2, -0.15) is 4.57 Å². The number of para-hydroxylation sites is 9. The molecule has 0 aliphatic carbocycles. The average molecular weight is 1110 g/mol. The molecule has 3 aromatic heterocycles. The Morgan fingerprint density at radius 2 is 0.904 bits per heavy atom. The molecule has 0 bridgehead atoms. The molecule has 0 fully saturated rings. The molecule has 0 aliphatic rings. The molecular weight excluding hydrogens is 1050 g/mol. The zero-order valence-corrected chi connectivity index (χ0v) is 51.0. The van der Waals surface area contributed by atoms with Crippen LogP contribution in [0.15, 0.2) is 127 Å². The van der Waals surface area contributed by atoms with E-state index in [-0.39, 0.29) is 124 Å². The number of carbonyl (C=O) groups is 1. The van der Waals surface area contributed by atoms with Crippen LogP contribution in [0.25, 0.3) is 66.2 Å². The average Bonchev–Trinajstić information content (AvgIpc) is 3.40. The molecule has 9 rings (SSSR count). The molecule has 0 saturated carbocycles. The van der Waals surface area contributed by atoms with E-state index in [9.17, 15) is 5.11 Å². The fourth-order valence-corrected chi connectivity index (χ4v) is 7.49. The van der Waals surface area contributed by atoms with Crippen LogP contribution < -0.4 is 122 Å². The summed E-state index contributed by atoms with van der Waals surface area (Å²) in [7, 11) is 5.17. The van der Waals surface area contributed by atoms with E-state index in [4.69, 9.17) is 38.7 Å². The number of hydrogen-bond donors (Lipinski definition) is 1. The Balaban J connectivity index is 0.000000498. The van der Waals surface area contributed by atoms with Gasteiger partial charge in [-0.3, -0.25) is 4.79 Å². The number of phenols is 1. The molecule has 0 unspecified atom stereocenters. The maximum absolute atomic E-state index is 9.63. The number of aryl methyl sites for hydroxylation is 1. The number of aromatic hydroxyl groups is 1. The van der Waals surface area contributed by atoms with E-state index in [1.54, 1.807) is 33.5 Å². The third-order valence-corrected chi connectivity index (χ3v) is 11.0. The van der Waals surface area contributed by atoms with Gasteiger partial charge in [0.15, 0.2) is 11.3 Å². The van der Waals surface area contributed by atoms with E-state index in [2.05, 4.69) is 76.5 Å². The van der Waals surface area contributed by atoms with Crippen LogP contribution in [0.4, 0.5) is 0 Å². The minimum absolute atomic E-state index is 0. The molecule has 73 heavy (non-hydrogen) atoms. The summed E-state index contributed by atoms with van der Waals surface area (Å²) < 4.78 is 29.1. The third kappa shape index (κ3) is 20.9. The van der Waals surface area contributed by atoms with Gasteiger partial charge in [-0.05, 0) is 106 Å². The number of alkyl halides is 1. The smallest absolute Gasteiger partial charge is 1.00 e. The fraction of sp³-hybridized carbons (Fsp3) is 0.309. The fourth-order valence-electron chi connectivity index (χ4n) is 7.10. The summed E-state index contributed by atoms with van der Waals surface area (Å²) in [6.45, 7) is 6.66. The molecule has 3 heterocycles. The molecule has 0 atom stereocenters. The van der Waals surface area contributed by atoms with Crippen LogP contribution in [0.3, 0.4) is 0 Å². The van der Waals surface area contributed by atoms with Crippen LogP contribution in [-0.2, 0) is 30.4 Å². The quantitative estimate of drug-likeness (QED) is 0.0147. The summed E-state index contributed by atoms with van der Waals surface area (Å²) in [5.74, 6) is 1.82. The number of carbonyl (C=O) groups excluding carboxylic acids is 1. The van der Waals surface area contributed by atoms with Crippen molar-refractivity contribution in [2.24, 2.45) is 0 Å². The van der Waals surface area contributed by atoms with Crippen molar-refractivity contribution in [1.29, 1.82) is 0 Å². The normalized spacial score (nSPS) is 10.2. The van der Waals surface area contributed by atoms with Gasteiger partial charge >= 0.3 is 103 Å². The van der Waals surface area contributed by atoms with Gasteiger partial charge in [0.25, 0.3) is 6.47 Å². The van der Waals surface area contributed by atoms with Gasteiger partial charge in [-0.15, -0.1) is 0 Å². The Kier molecular flexibility index (Phi) is 34.4. The van der Waals surface area contributed by atoms with E-state index in [0.717, 1.165) is 124 Å². The largest absolute Gasteiger partial charge is 1.00 e. The Labute approximate surface area is 523 Å². The van der Waals surface area contributed by atoms with Crippen LogP contribution in [0.5, 0.6) is 17.2 Å². The Morgan fingerprint density at radius 3 is 1.41 bits per heavy atom. The third-order valence-electron chi connectivity index (χ3n) is 10.4. The molecule has 0 radical (unpaired) electrons. The second-order valence-corrected chi connectivity index (χ2v) is 16.1. The van der Waals surface area contributed by atoms with Crippen molar-refractivity contribution in [3.63, 3.8) is 0 Å². The molecule has 0 amide bonds. The number of benzene rings is 6. The topological polar surface area (TPSA) is 184 Å². The zero-order chi connectivity index (χ0) is 49.8. The van der Waals surface area contributed by atoms with Gasteiger partial charge in [0.1, 0.15) is 34.6 Å². The second-order valence-electron chi connectivity index (χ2n) is 15.3. The molecule has 9 aromatic rings. The number of phenolic OH excluding ortho intramolecular Hbond substituents is 1.